The lowest BCUT2D eigenvalue weighted by molar-refractivity contribution is 0.415. The first kappa shape index (κ1) is 23.3. The Morgan fingerprint density at radius 3 is 2.47 bits per heavy atom. The molecule has 6 nitrogen and oxygen atoms in total. The van der Waals surface area contributed by atoms with Gasteiger partial charge in [-0.05, 0) is 46.5 Å². The van der Waals surface area contributed by atoms with Crippen molar-refractivity contribution in [3.63, 3.8) is 0 Å². The van der Waals surface area contributed by atoms with E-state index < -0.39 is 0 Å². The Kier molecular flexibility index (Phi) is 8.27. The molecular formula is C25H26IN5O. The minimum Gasteiger partial charge on any atom is -0.497 e. The molecule has 0 atom stereocenters. The summed E-state index contributed by atoms with van der Waals surface area (Å²) in [6.07, 6.45) is 5.58. The maximum absolute atomic E-state index is 6.10. The summed E-state index contributed by atoms with van der Waals surface area (Å²) in [4.78, 5) is 8.62. The number of anilines is 1. The fourth-order valence-electron chi connectivity index (χ4n) is 3.35. The summed E-state index contributed by atoms with van der Waals surface area (Å²) >= 11 is 0. The number of methoxy groups -OCH3 is 1. The van der Waals surface area contributed by atoms with E-state index in [-0.39, 0.29) is 24.0 Å². The monoisotopic (exact) mass is 539 g/mol. The number of rotatable bonds is 7. The number of imidazole rings is 1. The first-order valence-electron chi connectivity index (χ1n) is 10.1. The minimum atomic E-state index is 0. The summed E-state index contributed by atoms with van der Waals surface area (Å²) in [5.74, 6) is 1.17. The van der Waals surface area contributed by atoms with Crippen LogP contribution in [0.4, 0.5) is 5.69 Å². The molecule has 0 spiro atoms. The summed E-state index contributed by atoms with van der Waals surface area (Å²) in [7, 11) is 1.64. The Morgan fingerprint density at radius 2 is 1.78 bits per heavy atom. The molecule has 1 aromatic heterocycles. The zero-order valence-electron chi connectivity index (χ0n) is 17.8. The van der Waals surface area contributed by atoms with Gasteiger partial charge in [0.25, 0.3) is 0 Å². The third kappa shape index (κ3) is 6.10. The molecule has 164 valence electrons. The largest absolute Gasteiger partial charge is 0.497 e. The Labute approximate surface area is 205 Å². The molecule has 3 N–H and O–H groups in total. The van der Waals surface area contributed by atoms with Crippen molar-refractivity contribution in [2.45, 2.75) is 13.1 Å². The van der Waals surface area contributed by atoms with Gasteiger partial charge in [-0.2, -0.15) is 0 Å². The molecule has 0 fully saturated rings. The Balaban J connectivity index is 0.00000289. The number of guanidine groups is 1. The summed E-state index contributed by atoms with van der Waals surface area (Å²) in [6.45, 7) is 1.29. The van der Waals surface area contributed by atoms with Crippen LogP contribution in [0.2, 0.25) is 0 Å². The molecule has 0 aliphatic heterocycles. The number of hydrogen-bond acceptors (Lipinski definition) is 3. The van der Waals surface area contributed by atoms with Crippen molar-refractivity contribution in [2.24, 2.45) is 10.7 Å². The van der Waals surface area contributed by atoms with Gasteiger partial charge in [0.15, 0.2) is 5.96 Å². The second-order valence-corrected chi connectivity index (χ2v) is 7.14. The lowest BCUT2D eigenvalue weighted by Gasteiger charge is -2.11. The molecule has 4 aromatic rings. The molecule has 0 bridgehead atoms. The number of aromatic nitrogens is 2. The van der Waals surface area contributed by atoms with Crippen LogP contribution < -0.4 is 15.8 Å². The predicted octanol–water partition coefficient (Wildman–Crippen LogP) is 5.15. The van der Waals surface area contributed by atoms with Gasteiger partial charge in [-0.25, -0.2) is 9.98 Å². The highest BCUT2D eigenvalue weighted by Gasteiger charge is 2.05. The first-order chi connectivity index (χ1) is 15.2. The van der Waals surface area contributed by atoms with Gasteiger partial charge in [0.05, 0.1) is 20.0 Å². The Hall–Kier alpha value is -3.33. The zero-order valence-corrected chi connectivity index (χ0v) is 20.1. The average Bonchev–Trinajstić information content (AvgIpc) is 3.32. The number of nitrogens with two attached hydrogens (primary N) is 1. The van der Waals surface area contributed by atoms with E-state index in [1.54, 1.807) is 13.3 Å². The number of aliphatic imine (C=N–C) groups is 1. The molecule has 0 unspecified atom stereocenters. The van der Waals surface area contributed by atoms with Crippen LogP contribution in [0.1, 0.15) is 11.1 Å². The minimum absolute atomic E-state index is 0. The maximum Gasteiger partial charge on any atom is 0.193 e. The van der Waals surface area contributed by atoms with Crippen molar-refractivity contribution in [2.75, 3.05) is 12.4 Å². The highest BCUT2D eigenvalue weighted by Crippen LogP contribution is 2.25. The number of halogens is 1. The molecule has 0 saturated heterocycles. The van der Waals surface area contributed by atoms with E-state index >= 15 is 0 Å². The van der Waals surface area contributed by atoms with E-state index in [1.807, 2.05) is 48.9 Å². The molecule has 3 aromatic carbocycles. The van der Waals surface area contributed by atoms with Crippen LogP contribution in [0, 0.1) is 0 Å². The van der Waals surface area contributed by atoms with E-state index in [4.69, 9.17) is 10.5 Å². The highest BCUT2D eigenvalue weighted by atomic mass is 127. The van der Waals surface area contributed by atoms with Gasteiger partial charge < -0.3 is 20.4 Å². The molecular weight excluding hydrogens is 513 g/mol. The fourth-order valence-corrected chi connectivity index (χ4v) is 3.35. The quantitative estimate of drug-likeness (QED) is 0.194. The van der Waals surface area contributed by atoms with E-state index in [2.05, 4.69) is 56.3 Å². The lowest BCUT2D eigenvalue weighted by Crippen LogP contribution is -2.22. The standard InChI is InChI=1S/C25H25N5O.HI/c1-31-23-12-10-22(11-13-23)29-25(26)28-16-21-4-2-3-5-24(21)20-8-6-19(7-9-20)17-30-15-14-27-18-30;/h2-15,18H,16-17H2,1H3,(H3,26,28,29);1H. The van der Waals surface area contributed by atoms with E-state index in [9.17, 15) is 0 Å². The fraction of sp³-hybridized carbons (Fsp3) is 0.120. The van der Waals surface area contributed by atoms with Crippen LogP contribution in [0.3, 0.4) is 0 Å². The first-order valence-corrected chi connectivity index (χ1v) is 10.1. The number of benzene rings is 3. The third-order valence-corrected chi connectivity index (χ3v) is 4.99. The van der Waals surface area contributed by atoms with Crippen molar-refractivity contribution in [3.05, 3.63) is 103 Å². The van der Waals surface area contributed by atoms with Crippen LogP contribution in [0.25, 0.3) is 11.1 Å². The summed E-state index contributed by atoms with van der Waals surface area (Å²) in [6, 6.07) is 24.4. The average molecular weight is 539 g/mol. The lowest BCUT2D eigenvalue weighted by atomic mass is 9.98. The van der Waals surface area contributed by atoms with Gasteiger partial charge in [-0.1, -0.05) is 48.5 Å². The second-order valence-electron chi connectivity index (χ2n) is 7.14. The van der Waals surface area contributed by atoms with Crippen LogP contribution in [0.5, 0.6) is 5.75 Å². The van der Waals surface area contributed by atoms with Crippen LogP contribution in [-0.2, 0) is 13.1 Å². The Bertz CT molecular complexity index is 1140. The third-order valence-electron chi connectivity index (χ3n) is 4.99. The summed E-state index contributed by atoms with van der Waals surface area (Å²) < 4.78 is 7.23. The number of hydrogen-bond donors (Lipinski definition) is 2. The van der Waals surface area contributed by atoms with E-state index in [0.717, 1.165) is 34.7 Å². The van der Waals surface area contributed by atoms with Crippen molar-refractivity contribution >= 4 is 35.6 Å². The maximum atomic E-state index is 6.10. The van der Waals surface area contributed by atoms with Crippen LogP contribution in [0.15, 0.2) is 96.5 Å². The number of nitrogens with zero attached hydrogens (tertiary/aromatic N) is 3. The SMILES string of the molecule is COc1ccc(NC(N)=NCc2ccccc2-c2ccc(Cn3ccnc3)cc2)cc1.I. The Morgan fingerprint density at radius 1 is 1.03 bits per heavy atom. The van der Waals surface area contributed by atoms with E-state index in [1.165, 1.54) is 5.56 Å². The molecule has 4 rings (SSSR count). The molecule has 0 aliphatic rings. The van der Waals surface area contributed by atoms with Gasteiger partial charge in [0.1, 0.15) is 5.75 Å². The summed E-state index contributed by atoms with van der Waals surface area (Å²) in [5, 5.41) is 3.12. The number of nitrogens with one attached hydrogen (secondary N) is 1. The molecule has 0 amide bonds. The van der Waals surface area contributed by atoms with Crippen molar-refractivity contribution in [1.82, 2.24) is 9.55 Å². The topological polar surface area (TPSA) is 77.5 Å². The molecule has 1 heterocycles. The van der Waals surface area contributed by atoms with Gasteiger partial charge in [-0.3, -0.25) is 0 Å². The highest BCUT2D eigenvalue weighted by molar-refractivity contribution is 14.0. The smallest absolute Gasteiger partial charge is 0.193 e. The zero-order chi connectivity index (χ0) is 21.5. The summed E-state index contributed by atoms with van der Waals surface area (Å²) in [5.41, 5.74) is 11.6. The van der Waals surface area contributed by atoms with Gasteiger partial charge in [0.2, 0.25) is 0 Å². The van der Waals surface area contributed by atoms with Crippen molar-refractivity contribution < 1.29 is 4.74 Å². The molecule has 0 saturated carbocycles. The second kappa shape index (κ2) is 11.3. The molecule has 7 heteroatoms. The van der Waals surface area contributed by atoms with Crippen LogP contribution >= 0.6 is 24.0 Å². The van der Waals surface area contributed by atoms with E-state index in [0.29, 0.717) is 12.5 Å². The number of ether oxygens (including phenoxy) is 1. The van der Waals surface area contributed by atoms with Crippen molar-refractivity contribution in [3.8, 4) is 16.9 Å². The van der Waals surface area contributed by atoms with Crippen LogP contribution in [-0.4, -0.2) is 22.6 Å². The molecule has 32 heavy (non-hydrogen) atoms. The molecule has 0 aliphatic carbocycles. The molecule has 0 radical (unpaired) electrons. The van der Waals surface area contributed by atoms with Gasteiger partial charge >= 0.3 is 0 Å². The van der Waals surface area contributed by atoms with Gasteiger partial charge in [-0.15, -0.1) is 24.0 Å². The van der Waals surface area contributed by atoms with Gasteiger partial charge in [0, 0.05) is 24.6 Å². The van der Waals surface area contributed by atoms with Crippen molar-refractivity contribution in [1.29, 1.82) is 0 Å². The normalized spacial score (nSPS) is 11.0. The predicted molar refractivity (Wildman–Crippen MR) is 141 cm³/mol.